The Hall–Kier alpha value is -1.22. The molecule has 1 aromatic rings. The molecule has 1 aliphatic heterocycles. The molecule has 0 aliphatic carbocycles. The van der Waals surface area contributed by atoms with Gasteiger partial charge in [-0.05, 0) is 37.8 Å². The molecule has 1 aromatic carbocycles. The zero-order valence-corrected chi connectivity index (χ0v) is 12.0. The third-order valence-electron chi connectivity index (χ3n) is 3.61. The number of hydrogen-bond acceptors (Lipinski definition) is 2. The molecule has 1 unspecified atom stereocenters. The predicted molar refractivity (Wildman–Crippen MR) is 76.6 cm³/mol. The van der Waals surface area contributed by atoms with Crippen LogP contribution in [0, 0.1) is 0 Å². The standard InChI is InChI=1S/C15H20ClNO2/c1-2-12-7-5-6-10-17(12)15(18)11-19-14-9-4-3-8-13(14)16/h3-4,8-9,12H,2,5-7,10-11H2,1H3. The zero-order valence-electron chi connectivity index (χ0n) is 11.3. The van der Waals surface area contributed by atoms with Crippen LogP contribution in [0.3, 0.4) is 0 Å². The highest BCUT2D eigenvalue weighted by Gasteiger charge is 2.25. The monoisotopic (exact) mass is 281 g/mol. The van der Waals surface area contributed by atoms with Crippen LogP contribution in [0.2, 0.25) is 5.02 Å². The highest BCUT2D eigenvalue weighted by Crippen LogP contribution is 2.24. The first-order valence-corrected chi connectivity index (χ1v) is 7.27. The Bertz CT molecular complexity index is 436. The fraction of sp³-hybridized carbons (Fsp3) is 0.533. The van der Waals surface area contributed by atoms with Gasteiger partial charge in [0.2, 0.25) is 0 Å². The van der Waals surface area contributed by atoms with Gasteiger partial charge in [-0.3, -0.25) is 4.79 Å². The highest BCUT2D eigenvalue weighted by molar-refractivity contribution is 6.32. The van der Waals surface area contributed by atoms with Gasteiger partial charge >= 0.3 is 0 Å². The van der Waals surface area contributed by atoms with Gasteiger partial charge in [-0.1, -0.05) is 30.7 Å². The predicted octanol–water partition coefficient (Wildman–Crippen LogP) is 3.51. The summed E-state index contributed by atoms with van der Waals surface area (Å²) in [5.74, 6) is 0.633. The van der Waals surface area contributed by atoms with E-state index in [4.69, 9.17) is 16.3 Å². The molecule has 2 rings (SSSR count). The van der Waals surface area contributed by atoms with E-state index in [1.54, 1.807) is 12.1 Å². The topological polar surface area (TPSA) is 29.5 Å². The molecule has 0 bridgehead atoms. The van der Waals surface area contributed by atoms with Crippen molar-refractivity contribution in [2.24, 2.45) is 0 Å². The largest absolute Gasteiger partial charge is 0.482 e. The van der Waals surface area contributed by atoms with Crippen molar-refractivity contribution in [3.8, 4) is 5.75 Å². The molecule has 0 radical (unpaired) electrons. The van der Waals surface area contributed by atoms with Crippen LogP contribution >= 0.6 is 11.6 Å². The number of ether oxygens (including phenoxy) is 1. The third kappa shape index (κ3) is 3.63. The minimum atomic E-state index is 0.0615. The second-order valence-electron chi connectivity index (χ2n) is 4.86. The number of nitrogens with zero attached hydrogens (tertiary/aromatic N) is 1. The Labute approximate surface area is 119 Å². The number of benzene rings is 1. The van der Waals surface area contributed by atoms with E-state index in [0.29, 0.717) is 16.8 Å². The summed E-state index contributed by atoms with van der Waals surface area (Å²) in [4.78, 5) is 14.2. The van der Waals surface area contributed by atoms with Crippen molar-refractivity contribution in [3.05, 3.63) is 29.3 Å². The van der Waals surface area contributed by atoms with Gasteiger partial charge in [0.1, 0.15) is 5.75 Å². The molecule has 1 aliphatic rings. The zero-order chi connectivity index (χ0) is 13.7. The maximum Gasteiger partial charge on any atom is 0.260 e. The number of carbonyl (C=O) groups is 1. The summed E-state index contributed by atoms with van der Waals surface area (Å²) in [5, 5.41) is 0.543. The van der Waals surface area contributed by atoms with Crippen LogP contribution in [0.1, 0.15) is 32.6 Å². The summed E-state index contributed by atoms with van der Waals surface area (Å²) >= 11 is 6.00. The van der Waals surface area contributed by atoms with Gasteiger partial charge in [-0.25, -0.2) is 0 Å². The van der Waals surface area contributed by atoms with Crippen molar-refractivity contribution in [2.45, 2.75) is 38.6 Å². The summed E-state index contributed by atoms with van der Waals surface area (Å²) in [6, 6.07) is 7.60. The van der Waals surface area contributed by atoms with Crippen molar-refractivity contribution >= 4 is 17.5 Å². The molecule has 104 valence electrons. The lowest BCUT2D eigenvalue weighted by molar-refractivity contribution is -0.137. The molecular weight excluding hydrogens is 262 g/mol. The van der Waals surface area contributed by atoms with Gasteiger partial charge in [0.15, 0.2) is 6.61 Å². The lowest BCUT2D eigenvalue weighted by Gasteiger charge is -2.35. The molecular formula is C15H20ClNO2. The Morgan fingerprint density at radius 3 is 2.95 bits per heavy atom. The summed E-state index contributed by atoms with van der Waals surface area (Å²) in [5.41, 5.74) is 0. The molecule has 0 spiro atoms. The summed E-state index contributed by atoms with van der Waals surface area (Å²) in [7, 11) is 0. The summed E-state index contributed by atoms with van der Waals surface area (Å²) < 4.78 is 5.52. The van der Waals surface area contributed by atoms with E-state index in [9.17, 15) is 4.79 Å². The van der Waals surface area contributed by atoms with Crippen LogP contribution in [-0.2, 0) is 4.79 Å². The first kappa shape index (κ1) is 14.2. The Kier molecular flexibility index (Phi) is 5.08. The number of carbonyl (C=O) groups excluding carboxylic acids is 1. The average molecular weight is 282 g/mol. The van der Waals surface area contributed by atoms with Gasteiger partial charge in [0.05, 0.1) is 5.02 Å². The van der Waals surface area contributed by atoms with Gasteiger partial charge in [0, 0.05) is 12.6 Å². The number of hydrogen-bond donors (Lipinski definition) is 0. The molecule has 19 heavy (non-hydrogen) atoms. The van der Waals surface area contributed by atoms with E-state index >= 15 is 0 Å². The fourth-order valence-corrected chi connectivity index (χ4v) is 2.73. The average Bonchev–Trinajstić information content (AvgIpc) is 2.46. The highest BCUT2D eigenvalue weighted by atomic mass is 35.5. The van der Waals surface area contributed by atoms with Crippen LogP contribution in [0.4, 0.5) is 0 Å². The lowest BCUT2D eigenvalue weighted by Crippen LogP contribution is -2.45. The normalized spacial score (nSPS) is 19.3. The summed E-state index contributed by atoms with van der Waals surface area (Å²) in [6.45, 7) is 3.05. The number of rotatable bonds is 4. The first-order valence-electron chi connectivity index (χ1n) is 6.89. The molecule has 1 saturated heterocycles. The molecule has 1 amide bonds. The number of likely N-dealkylation sites (tertiary alicyclic amines) is 1. The molecule has 0 saturated carbocycles. The molecule has 1 atom stereocenters. The molecule has 4 heteroatoms. The van der Waals surface area contributed by atoms with Crippen LogP contribution < -0.4 is 4.74 Å². The molecule has 3 nitrogen and oxygen atoms in total. The van der Waals surface area contributed by atoms with E-state index in [0.717, 1.165) is 25.8 Å². The molecule has 0 N–H and O–H groups in total. The molecule has 0 aromatic heterocycles. The van der Waals surface area contributed by atoms with Gasteiger partial charge < -0.3 is 9.64 Å². The first-order chi connectivity index (χ1) is 9.22. The summed E-state index contributed by atoms with van der Waals surface area (Å²) in [6.07, 6.45) is 4.42. The van der Waals surface area contributed by atoms with Crippen molar-refractivity contribution in [1.82, 2.24) is 4.90 Å². The van der Waals surface area contributed by atoms with Crippen LogP contribution in [0.5, 0.6) is 5.75 Å². The van der Waals surface area contributed by atoms with E-state index < -0.39 is 0 Å². The van der Waals surface area contributed by atoms with E-state index in [2.05, 4.69) is 6.92 Å². The van der Waals surface area contributed by atoms with Crippen molar-refractivity contribution in [2.75, 3.05) is 13.2 Å². The van der Waals surface area contributed by atoms with Gasteiger partial charge in [-0.2, -0.15) is 0 Å². The molecule has 1 heterocycles. The Morgan fingerprint density at radius 2 is 2.21 bits per heavy atom. The lowest BCUT2D eigenvalue weighted by atomic mass is 10.00. The number of halogens is 1. The quantitative estimate of drug-likeness (QED) is 0.845. The SMILES string of the molecule is CCC1CCCCN1C(=O)COc1ccccc1Cl. The minimum absolute atomic E-state index is 0.0615. The smallest absolute Gasteiger partial charge is 0.260 e. The molecule has 1 fully saturated rings. The van der Waals surface area contributed by atoms with Crippen molar-refractivity contribution in [1.29, 1.82) is 0 Å². The van der Waals surface area contributed by atoms with E-state index in [-0.39, 0.29) is 12.5 Å². The third-order valence-corrected chi connectivity index (χ3v) is 3.92. The van der Waals surface area contributed by atoms with Gasteiger partial charge in [0.25, 0.3) is 5.91 Å². The maximum atomic E-state index is 12.2. The second kappa shape index (κ2) is 6.80. The van der Waals surface area contributed by atoms with Crippen LogP contribution in [0.25, 0.3) is 0 Å². The van der Waals surface area contributed by atoms with E-state index in [1.165, 1.54) is 6.42 Å². The van der Waals surface area contributed by atoms with Crippen LogP contribution in [-0.4, -0.2) is 30.0 Å². The minimum Gasteiger partial charge on any atom is -0.482 e. The van der Waals surface area contributed by atoms with Crippen LogP contribution in [0.15, 0.2) is 24.3 Å². The number of piperidine rings is 1. The van der Waals surface area contributed by atoms with E-state index in [1.807, 2.05) is 17.0 Å². The number of amides is 1. The number of para-hydroxylation sites is 1. The van der Waals surface area contributed by atoms with Crippen molar-refractivity contribution < 1.29 is 9.53 Å². The fourth-order valence-electron chi connectivity index (χ4n) is 2.54. The Morgan fingerprint density at radius 1 is 1.42 bits per heavy atom. The Balaban J connectivity index is 1.92. The van der Waals surface area contributed by atoms with Crippen molar-refractivity contribution in [3.63, 3.8) is 0 Å². The van der Waals surface area contributed by atoms with Gasteiger partial charge in [-0.15, -0.1) is 0 Å². The maximum absolute atomic E-state index is 12.2. The second-order valence-corrected chi connectivity index (χ2v) is 5.27.